The van der Waals surface area contributed by atoms with Crippen LogP contribution in [0.3, 0.4) is 0 Å². The first-order valence-corrected chi connectivity index (χ1v) is 8.75. The molecule has 1 aromatic heterocycles. The molecule has 23 heavy (non-hydrogen) atoms. The van der Waals surface area contributed by atoms with Crippen molar-refractivity contribution in [3.63, 3.8) is 0 Å². The summed E-state index contributed by atoms with van der Waals surface area (Å²) in [6.45, 7) is 0.170. The predicted molar refractivity (Wildman–Crippen MR) is 90.2 cm³/mol. The van der Waals surface area contributed by atoms with Gasteiger partial charge in [0.25, 0.3) is 0 Å². The van der Waals surface area contributed by atoms with Crippen molar-refractivity contribution in [2.24, 2.45) is 0 Å². The molecule has 1 heterocycles. The average molecular weight is 331 g/mol. The maximum atomic E-state index is 12.8. The lowest BCUT2D eigenvalue weighted by Crippen LogP contribution is -2.43. The number of benzene rings is 1. The van der Waals surface area contributed by atoms with E-state index in [1.807, 2.05) is 30.3 Å². The van der Waals surface area contributed by atoms with Crippen LogP contribution in [0.4, 0.5) is 0 Å². The van der Waals surface area contributed by atoms with E-state index >= 15 is 0 Å². The molecule has 2 aromatic rings. The Morgan fingerprint density at radius 2 is 1.96 bits per heavy atom. The van der Waals surface area contributed by atoms with E-state index in [0.717, 1.165) is 30.6 Å². The van der Waals surface area contributed by atoms with Gasteiger partial charge in [0.1, 0.15) is 11.9 Å². The quantitative estimate of drug-likeness (QED) is 0.850. The summed E-state index contributed by atoms with van der Waals surface area (Å²) in [5.41, 5.74) is 0. The number of amides is 1. The summed E-state index contributed by atoms with van der Waals surface area (Å²) >= 11 is 1.64. The number of hydrogen-bond donors (Lipinski definition) is 2. The zero-order valence-corrected chi connectivity index (χ0v) is 13.7. The molecule has 0 radical (unpaired) electrons. The molecule has 1 aliphatic rings. The van der Waals surface area contributed by atoms with E-state index in [1.54, 1.807) is 23.9 Å². The standard InChI is InChI=1S/C18H21NO3S/c20-15(16-9-6-12-22-16)13-19-17(21)18(10-4-5-11-18)23-14-7-2-1-3-8-14/h1-3,6-9,12,15,20H,4-5,10-11,13H2,(H,19,21). The summed E-state index contributed by atoms with van der Waals surface area (Å²) in [5, 5.41) is 13.0. The van der Waals surface area contributed by atoms with E-state index in [9.17, 15) is 9.90 Å². The van der Waals surface area contributed by atoms with Gasteiger partial charge in [-0.3, -0.25) is 4.79 Å². The number of furan rings is 1. The number of thioether (sulfide) groups is 1. The third-order valence-corrected chi connectivity index (χ3v) is 5.70. The monoisotopic (exact) mass is 331 g/mol. The van der Waals surface area contributed by atoms with Gasteiger partial charge in [-0.1, -0.05) is 31.0 Å². The van der Waals surface area contributed by atoms with Gasteiger partial charge in [0, 0.05) is 4.90 Å². The highest BCUT2D eigenvalue weighted by Gasteiger charge is 2.42. The Labute approximate surface area is 140 Å². The molecule has 2 N–H and O–H groups in total. The van der Waals surface area contributed by atoms with Crippen LogP contribution in [-0.2, 0) is 4.79 Å². The van der Waals surface area contributed by atoms with Gasteiger partial charge < -0.3 is 14.8 Å². The van der Waals surface area contributed by atoms with Gasteiger partial charge in [-0.25, -0.2) is 0 Å². The highest BCUT2D eigenvalue weighted by Crippen LogP contribution is 2.45. The van der Waals surface area contributed by atoms with E-state index < -0.39 is 10.9 Å². The normalized spacial score (nSPS) is 17.8. The van der Waals surface area contributed by atoms with Gasteiger partial charge >= 0.3 is 0 Å². The zero-order valence-electron chi connectivity index (χ0n) is 12.9. The van der Waals surface area contributed by atoms with Crippen LogP contribution in [0.2, 0.25) is 0 Å². The zero-order chi connectivity index (χ0) is 16.1. The summed E-state index contributed by atoms with van der Waals surface area (Å²) in [6, 6.07) is 13.5. The van der Waals surface area contributed by atoms with Crippen LogP contribution in [0.1, 0.15) is 37.5 Å². The minimum atomic E-state index is -0.811. The highest BCUT2D eigenvalue weighted by atomic mass is 32.2. The first-order valence-electron chi connectivity index (χ1n) is 7.93. The summed E-state index contributed by atoms with van der Waals surface area (Å²) in [5.74, 6) is 0.482. The third-order valence-electron chi connectivity index (χ3n) is 4.21. The lowest BCUT2D eigenvalue weighted by Gasteiger charge is -2.27. The van der Waals surface area contributed by atoms with Crippen molar-refractivity contribution in [1.82, 2.24) is 5.32 Å². The Kier molecular flexibility index (Phi) is 5.08. The number of rotatable bonds is 6. The molecule has 0 spiro atoms. The number of carbonyl (C=O) groups excluding carboxylic acids is 1. The van der Waals surface area contributed by atoms with Crippen molar-refractivity contribution >= 4 is 17.7 Å². The van der Waals surface area contributed by atoms with E-state index in [-0.39, 0.29) is 12.5 Å². The molecule has 0 bridgehead atoms. The van der Waals surface area contributed by atoms with Gasteiger partial charge in [0.05, 0.1) is 17.6 Å². The van der Waals surface area contributed by atoms with Crippen molar-refractivity contribution in [1.29, 1.82) is 0 Å². The van der Waals surface area contributed by atoms with Crippen LogP contribution < -0.4 is 5.32 Å². The van der Waals surface area contributed by atoms with E-state index in [4.69, 9.17) is 4.42 Å². The molecule has 1 aliphatic carbocycles. The van der Waals surface area contributed by atoms with E-state index in [0.29, 0.717) is 5.76 Å². The first kappa shape index (κ1) is 16.1. The summed E-state index contributed by atoms with van der Waals surface area (Å²) in [6.07, 6.45) is 4.57. The van der Waals surface area contributed by atoms with Crippen LogP contribution in [0, 0.1) is 0 Å². The van der Waals surface area contributed by atoms with Gasteiger partial charge in [-0.15, -0.1) is 11.8 Å². The molecule has 5 heteroatoms. The lowest BCUT2D eigenvalue weighted by atomic mass is 10.1. The fourth-order valence-electron chi connectivity index (χ4n) is 2.97. The summed E-state index contributed by atoms with van der Waals surface area (Å²) in [4.78, 5) is 13.9. The molecule has 122 valence electrons. The fraction of sp³-hybridized carbons (Fsp3) is 0.389. The number of aliphatic hydroxyl groups is 1. The van der Waals surface area contributed by atoms with Gasteiger partial charge in [-0.2, -0.15) is 0 Å². The van der Waals surface area contributed by atoms with Gasteiger partial charge in [0.2, 0.25) is 5.91 Å². The summed E-state index contributed by atoms with van der Waals surface area (Å²) < 4.78 is 4.74. The first-order chi connectivity index (χ1) is 11.2. The van der Waals surface area contributed by atoms with Crippen LogP contribution >= 0.6 is 11.8 Å². The van der Waals surface area contributed by atoms with Crippen molar-refractivity contribution in [2.45, 2.75) is 41.4 Å². The highest BCUT2D eigenvalue weighted by molar-refractivity contribution is 8.01. The molecule has 1 atom stereocenters. The average Bonchev–Trinajstić information content (AvgIpc) is 3.25. The smallest absolute Gasteiger partial charge is 0.236 e. The maximum absolute atomic E-state index is 12.8. The van der Waals surface area contributed by atoms with Crippen LogP contribution in [0.5, 0.6) is 0 Å². The molecule has 1 unspecified atom stereocenters. The van der Waals surface area contributed by atoms with Crippen LogP contribution in [0.25, 0.3) is 0 Å². The van der Waals surface area contributed by atoms with Crippen LogP contribution in [-0.4, -0.2) is 22.3 Å². The molecule has 1 amide bonds. The Balaban J connectivity index is 1.64. The number of nitrogens with one attached hydrogen (secondary N) is 1. The summed E-state index contributed by atoms with van der Waals surface area (Å²) in [7, 11) is 0. The molecular weight excluding hydrogens is 310 g/mol. The number of carbonyl (C=O) groups is 1. The Hall–Kier alpha value is -1.72. The van der Waals surface area contributed by atoms with Crippen LogP contribution in [0.15, 0.2) is 58.0 Å². The Morgan fingerprint density at radius 3 is 2.61 bits per heavy atom. The maximum Gasteiger partial charge on any atom is 0.236 e. The topological polar surface area (TPSA) is 62.5 Å². The Bertz CT molecular complexity index is 621. The minimum absolute atomic E-state index is 0.00876. The second-order valence-corrected chi connectivity index (χ2v) is 7.31. The molecule has 1 aromatic carbocycles. The van der Waals surface area contributed by atoms with E-state index in [1.165, 1.54) is 6.26 Å². The van der Waals surface area contributed by atoms with Crippen molar-refractivity contribution in [2.75, 3.05) is 6.54 Å². The molecule has 4 nitrogen and oxygen atoms in total. The molecule has 1 fully saturated rings. The van der Waals surface area contributed by atoms with Gasteiger partial charge in [-0.05, 0) is 37.1 Å². The molecule has 0 aliphatic heterocycles. The fourth-order valence-corrected chi connectivity index (χ4v) is 4.37. The van der Waals surface area contributed by atoms with E-state index in [2.05, 4.69) is 5.32 Å². The molecule has 0 saturated heterocycles. The molecule has 1 saturated carbocycles. The Morgan fingerprint density at radius 1 is 1.22 bits per heavy atom. The number of aliphatic hydroxyl groups excluding tert-OH is 1. The third kappa shape index (κ3) is 3.79. The predicted octanol–water partition coefficient (Wildman–Crippen LogP) is 3.53. The molecular formula is C18H21NO3S. The van der Waals surface area contributed by atoms with Crippen molar-refractivity contribution in [3.8, 4) is 0 Å². The van der Waals surface area contributed by atoms with Gasteiger partial charge in [0.15, 0.2) is 0 Å². The number of hydrogen-bond acceptors (Lipinski definition) is 4. The minimum Gasteiger partial charge on any atom is -0.467 e. The molecule has 3 rings (SSSR count). The second kappa shape index (κ2) is 7.23. The van der Waals surface area contributed by atoms with Crippen molar-refractivity contribution in [3.05, 3.63) is 54.5 Å². The largest absolute Gasteiger partial charge is 0.467 e. The second-order valence-electron chi connectivity index (χ2n) is 5.86. The SMILES string of the molecule is O=C(NCC(O)c1ccco1)C1(Sc2ccccc2)CCCC1. The van der Waals surface area contributed by atoms with Crippen molar-refractivity contribution < 1.29 is 14.3 Å². The lowest BCUT2D eigenvalue weighted by molar-refractivity contribution is -0.123.